The molecule has 1 aromatic heterocycles. The molecule has 0 spiro atoms. The summed E-state index contributed by atoms with van der Waals surface area (Å²) in [4.78, 5) is 0.347. The van der Waals surface area contributed by atoms with Crippen molar-refractivity contribution >= 4 is 10.0 Å². The molecule has 0 fully saturated rings. The Bertz CT molecular complexity index is 521. The molecule has 1 rings (SSSR count). The zero-order valence-corrected chi connectivity index (χ0v) is 13.9. The molecular formula is C14H27N3O2S. The van der Waals surface area contributed by atoms with Gasteiger partial charge in [0.15, 0.2) is 0 Å². The highest BCUT2D eigenvalue weighted by atomic mass is 32.2. The second-order valence-electron chi connectivity index (χ2n) is 5.38. The van der Waals surface area contributed by atoms with E-state index in [1.54, 1.807) is 12.3 Å². The molecule has 0 aromatic carbocycles. The molecule has 5 nitrogen and oxygen atoms in total. The lowest BCUT2D eigenvalue weighted by Gasteiger charge is -2.12. The zero-order chi connectivity index (χ0) is 15.3. The summed E-state index contributed by atoms with van der Waals surface area (Å²) in [6, 6.07) is 1.93. The Morgan fingerprint density at radius 2 is 1.90 bits per heavy atom. The summed E-state index contributed by atoms with van der Waals surface area (Å²) < 4.78 is 29.3. The van der Waals surface area contributed by atoms with E-state index in [-0.39, 0.29) is 12.1 Å². The molecule has 116 valence electrons. The van der Waals surface area contributed by atoms with E-state index < -0.39 is 10.0 Å². The SMILES string of the molecule is CCNCc1cc(S(=O)(=O)NC(C)CC)cn1C(C)C. The molecule has 0 aliphatic heterocycles. The predicted molar refractivity (Wildman–Crippen MR) is 82.3 cm³/mol. The Morgan fingerprint density at radius 1 is 1.25 bits per heavy atom. The van der Waals surface area contributed by atoms with Gasteiger partial charge in [0.05, 0.1) is 4.90 Å². The van der Waals surface area contributed by atoms with Crippen LogP contribution in [0.25, 0.3) is 0 Å². The van der Waals surface area contributed by atoms with E-state index >= 15 is 0 Å². The van der Waals surface area contributed by atoms with Crippen LogP contribution in [0.3, 0.4) is 0 Å². The van der Waals surface area contributed by atoms with Crippen molar-refractivity contribution in [1.29, 1.82) is 0 Å². The standard InChI is InChI=1S/C14H27N3O2S/c1-6-12(5)16-20(18,19)14-8-13(9-15-7-2)17(10-14)11(3)4/h8,10-12,15-16H,6-7,9H2,1-5H3. The maximum absolute atomic E-state index is 12.3. The monoisotopic (exact) mass is 301 g/mol. The lowest BCUT2D eigenvalue weighted by Crippen LogP contribution is -2.31. The number of rotatable bonds is 8. The van der Waals surface area contributed by atoms with Crippen molar-refractivity contribution in [2.75, 3.05) is 6.54 Å². The van der Waals surface area contributed by atoms with Gasteiger partial charge in [0.25, 0.3) is 0 Å². The molecule has 20 heavy (non-hydrogen) atoms. The van der Waals surface area contributed by atoms with Crippen LogP contribution in [-0.4, -0.2) is 25.6 Å². The molecule has 0 saturated carbocycles. The summed E-state index contributed by atoms with van der Waals surface area (Å²) >= 11 is 0. The van der Waals surface area contributed by atoms with E-state index in [0.717, 1.165) is 18.7 Å². The lowest BCUT2D eigenvalue weighted by atomic mass is 10.3. The van der Waals surface area contributed by atoms with Crippen molar-refractivity contribution in [3.63, 3.8) is 0 Å². The first-order valence-electron chi connectivity index (χ1n) is 7.25. The lowest BCUT2D eigenvalue weighted by molar-refractivity contribution is 0.549. The first kappa shape index (κ1) is 17.2. The quantitative estimate of drug-likeness (QED) is 0.774. The van der Waals surface area contributed by atoms with Crippen LogP contribution < -0.4 is 10.0 Å². The highest BCUT2D eigenvalue weighted by Crippen LogP contribution is 2.19. The minimum Gasteiger partial charge on any atom is -0.346 e. The van der Waals surface area contributed by atoms with Crippen LogP contribution in [0.1, 0.15) is 52.8 Å². The third-order valence-corrected chi connectivity index (χ3v) is 4.85. The fourth-order valence-corrected chi connectivity index (χ4v) is 3.31. The van der Waals surface area contributed by atoms with Crippen molar-refractivity contribution in [3.05, 3.63) is 18.0 Å². The van der Waals surface area contributed by atoms with Crippen LogP contribution in [0.5, 0.6) is 0 Å². The van der Waals surface area contributed by atoms with Gasteiger partial charge in [0.2, 0.25) is 10.0 Å². The Morgan fingerprint density at radius 3 is 2.40 bits per heavy atom. The van der Waals surface area contributed by atoms with Gasteiger partial charge in [-0.2, -0.15) is 0 Å². The first-order valence-corrected chi connectivity index (χ1v) is 8.73. The molecule has 0 amide bonds. The number of nitrogens with zero attached hydrogens (tertiary/aromatic N) is 1. The van der Waals surface area contributed by atoms with Crippen LogP contribution in [0, 0.1) is 0 Å². The average molecular weight is 301 g/mol. The molecule has 0 saturated heterocycles. The normalized spacial score (nSPS) is 13.9. The largest absolute Gasteiger partial charge is 0.346 e. The second kappa shape index (κ2) is 7.24. The van der Waals surface area contributed by atoms with Crippen LogP contribution in [0.2, 0.25) is 0 Å². The highest BCUT2D eigenvalue weighted by Gasteiger charge is 2.20. The molecule has 1 atom stereocenters. The van der Waals surface area contributed by atoms with E-state index in [1.165, 1.54) is 0 Å². The third-order valence-electron chi connectivity index (χ3n) is 3.30. The van der Waals surface area contributed by atoms with Crippen LogP contribution in [0.4, 0.5) is 0 Å². The first-order chi connectivity index (χ1) is 9.31. The summed E-state index contributed by atoms with van der Waals surface area (Å²) in [5, 5.41) is 3.24. The summed E-state index contributed by atoms with van der Waals surface area (Å²) in [5.74, 6) is 0. The number of sulfonamides is 1. The van der Waals surface area contributed by atoms with Crippen molar-refractivity contribution in [3.8, 4) is 0 Å². The van der Waals surface area contributed by atoms with Gasteiger partial charge in [0, 0.05) is 30.5 Å². The Labute approximate surface area is 122 Å². The highest BCUT2D eigenvalue weighted by molar-refractivity contribution is 7.89. The average Bonchev–Trinajstić information content (AvgIpc) is 2.80. The molecule has 0 aliphatic carbocycles. The summed E-state index contributed by atoms with van der Waals surface area (Å²) in [7, 11) is -3.43. The van der Waals surface area contributed by atoms with Crippen LogP contribution in [-0.2, 0) is 16.6 Å². The van der Waals surface area contributed by atoms with Gasteiger partial charge in [-0.05, 0) is 39.8 Å². The van der Waals surface area contributed by atoms with E-state index in [0.29, 0.717) is 11.4 Å². The number of hydrogen-bond acceptors (Lipinski definition) is 3. The smallest absolute Gasteiger partial charge is 0.242 e. The summed E-state index contributed by atoms with van der Waals surface area (Å²) in [6.45, 7) is 11.5. The maximum Gasteiger partial charge on any atom is 0.242 e. The van der Waals surface area contributed by atoms with Gasteiger partial charge in [-0.25, -0.2) is 13.1 Å². The van der Waals surface area contributed by atoms with E-state index in [4.69, 9.17) is 0 Å². The maximum atomic E-state index is 12.3. The summed E-state index contributed by atoms with van der Waals surface area (Å²) in [5.41, 5.74) is 0.992. The Kier molecular flexibility index (Phi) is 6.23. The molecule has 1 aromatic rings. The zero-order valence-electron chi connectivity index (χ0n) is 13.1. The molecule has 0 aliphatic rings. The third kappa shape index (κ3) is 4.33. The fourth-order valence-electron chi connectivity index (χ4n) is 1.94. The van der Waals surface area contributed by atoms with Crippen molar-refractivity contribution in [2.24, 2.45) is 0 Å². The van der Waals surface area contributed by atoms with E-state index in [2.05, 4.69) is 10.0 Å². The second-order valence-corrected chi connectivity index (χ2v) is 7.09. The van der Waals surface area contributed by atoms with Crippen molar-refractivity contribution in [2.45, 2.75) is 64.6 Å². The minimum absolute atomic E-state index is 0.0559. The van der Waals surface area contributed by atoms with Gasteiger partial charge >= 0.3 is 0 Å². The molecule has 2 N–H and O–H groups in total. The van der Waals surface area contributed by atoms with Gasteiger partial charge in [-0.1, -0.05) is 13.8 Å². The molecule has 1 heterocycles. The topological polar surface area (TPSA) is 63.1 Å². The molecule has 6 heteroatoms. The Hall–Kier alpha value is -0.850. The van der Waals surface area contributed by atoms with E-state index in [1.807, 2.05) is 39.2 Å². The van der Waals surface area contributed by atoms with Gasteiger partial charge in [0.1, 0.15) is 0 Å². The van der Waals surface area contributed by atoms with Crippen LogP contribution >= 0.6 is 0 Å². The van der Waals surface area contributed by atoms with Gasteiger partial charge < -0.3 is 9.88 Å². The molecule has 0 bridgehead atoms. The summed E-state index contributed by atoms with van der Waals surface area (Å²) in [6.07, 6.45) is 2.50. The van der Waals surface area contributed by atoms with Crippen LogP contribution in [0.15, 0.2) is 17.2 Å². The van der Waals surface area contributed by atoms with E-state index in [9.17, 15) is 8.42 Å². The molecular weight excluding hydrogens is 274 g/mol. The number of hydrogen-bond donors (Lipinski definition) is 2. The fraction of sp³-hybridized carbons (Fsp3) is 0.714. The number of nitrogens with one attached hydrogen (secondary N) is 2. The molecule has 1 unspecified atom stereocenters. The van der Waals surface area contributed by atoms with Crippen molar-refractivity contribution in [1.82, 2.24) is 14.6 Å². The molecule has 0 radical (unpaired) electrons. The van der Waals surface area contributed by atoms with Crippen molar-refractivity contribution < 1.29 is 8.42 Å². The van der Waals surface area contributed by atoms with Gasteiger partial charge in [-0.15, -0.1) is 0 Å². The Balaban J connectivity index is 3.07. The van der Waals surface area contributed by atoms with Gasteiger partial charge in [-0.3, -0.25) is 0 Å². The predicted octanol–water partition coefficient (Wildman–Crippen LogP) is 2.26. The minimum atomic E-state index is -3.43. The number of aromatic nitrogens is 1.